The van der Waals surface area contributed by atoms with Crippen LogP contribution in [0.25, 0.3) is 5.78 Å². The molecule has 1 unspecified atom stereocenters. The van der Waals surface area contributed by atoms with Crippen molar-refractivity contribution >= 4 is 11.7 Å². The number of aromatic nitrogens is 4. The van der Waals surface area contributed by atoms with E-state index < -0.39 is 0 Å². The molecule has 0 spiro atoms. The third kappa shape index (κ3) is 3.58. The van der Waals surface area contributed by atoms with Gasteiger partial charge in [0, 0.05) is 17.9 Å². The molecule has 156 valence electrons. The van der Waals surface area contributed by atoms with Crippen molar-refractivity contribution in [2.75, 3.05) is 0 Å². The van der Waals surface area contributed by atoms with Crippen molar-refractivity contribution in [3.05, 3.63) is 94.1 Å². The lowest BCUT2D eigenvalue weighted by Gasteiger charge is -2.29. The maximum atomic E-state index is 13.7. The zero-order valence-corrected chi connectivity index (χ0v) is 18.0. The Labute approximate surface area is 181 Å². The quantitative estimate of drug-likeness (QED) is 0.500. The molecule has 4 aromatic rings. The van der Waals surface area contributed by atoms with Crippen molar-refractivity contribution in [3.8, 4) is 0 Å². The molecule has 2 aromatic heterocycles. The summed E-state index contributed by atoms with van der Waals surface area (Å²) >= 11 is 0. The molecule has 0 aliphatic heterocycles. The Morgan fingerprint density at radius 2 is 1.84 bits per heavy atom. The molecule has 1 aliphatic rings. The van der Waals surface area contributed by atoms with Crippen LogP contribution in [0.4, 0.5) is 0 Å². The molecule has 0 fully saturated rings. The molecule has 0 saturated heterocycles. The Bertz CT molecular complexity index is 1280. The van der Waals surface area contributed by atoms with E-state index in [2.05, 4.69) is 64.5 Å². The first-order valence-electron chi connectivity index (χ1n) is 10.6. The van der Waals surface area contributed by atoms with Crippen LogP contribution in [0.15, 0.2) is 54.6 Å². The third-order valence-corrected chi connectivity index (χ3v) is 6.02. The molecule has 31 heavy (non-hydrogen) atoms. The fourth-order valence-electron chi connectivity index (χ4n) is 4.46. The van der Waals surface area contributed by atoms with Crippen LogP contribution in [-0.2, 0) is 13.0 Å². The maximum Gasteiger partial charge on any atom is 0.294 e. The Kier molecular flexibility index (Phi) is 4.77. The van der Waals surface area contributed by atoms with E-state index in [1.54, 1.807) is 4.52 Å². The predicted molar refractivity (Wildman–Crippen MR) is 119 cm³/mol. The molecule has 6 nitrogen and oxygen atoms in total. The average molecular weight is 412 g/mol. The summed E-state index contributed by atoms with van der Waals surface area (Å²) in [5, 5.41) is 4.51. The zero-order chi connectivity index (χ0) is 21.5. The van der Waals surface area contributed by atoms with Gasteiger partial charge in [0.25, 0.3) is 11.7 Å². The number of benzene rings is 2. The zero-order valence-electron chi connectivity index (χ0n) is 18.0. The van der Waals surface area contributed by atoms with Crippen LogP contribution in [0.2, 0.25) is 0 Å². The summed E-state index contributed by atoms with van der Waals surface area (Å²) in [6.07, 6.45) is 1.87. The van der Waals surface area contributed by atoms with Crippen LogP contribution >= 0.6 is 0 Å². The minimum Gasteiger partial charge on any atom is -0.324 e. The molecule has 0 bridgehead atoms. The summed E-state index contributed by atoms with van der Waals surface area (Å²) in [6, 6.07) is 18.7. The Morgan fingerprint density at radius 3 is 2.65 bits per heavy atom. The summed E-state index contributed by atoms with van der Waals surface area (Å²) < 4.78 is 1.65. The molecule has 2 aromatic carbocycles. The molecule has 1 amide bonds. The smallest absolute Gasteiger partial charge is 0.294 e. The Hall–Kier alpha value is -3.54. The van der Waals surface area contributed by atoms with Gasteiger partial charge in [-0.3, -0.25) is 4.79 Å². The lowest BCUT2D eigenvalue weighted by Crippen LogP contribution is -2.34. The highest BCUT2D eigenvalue weighted by molar-refractivity contribution is 5.91. The molecule has 0 radical (unpaired) electrons. The number of carbonyl (C=O) groups is 1. The van der Waals surface area contributed by atoms with E-state index in [0.29, 0.717) is 12.3 Å². The largest absolute Gasteiger partial charge is 0.324 e. The number of aryl methyl sites for hydroxylation is 4. The second kappa shape index (κ2) is 7.61. The topological polar surface area (TPSA) is 63.4 Å². The van der Waals surface area contributed by atoms with Gasteiger partial charge in [0.1, 0.15) is 0 Å². The molecule has 1 aliphatic carbocycles. The van der Waals surface area contributed by atoms with Crippen molar-refractivity contribution in [1.29, 1.82) is 0 Å². The molecule has 1 atom stereocenters. The average Bonchev–Trinajstić information content (AvgIpc) is 3.37. The number of fused-ring (bicyclic) bond motifs is 2. The standard InChI is InChI=1S/C25H25N5O/c1-16-8-10-19(11-9-16)15-29(22-13-12-20-6-4-5-7-21(20)22)24(31)23-27-25-26-17(2)14-18(3)30(25)28-23/h4-11,14,22H,12-13,15H2,1-3H3. The molecule has 6 heteroatoms. The van der Waals surface area contributed by atoms with E-state index in [0.717, 1.165) is 29.8 Å². The van der Waals surface area contributed by atoms with E-state index in [1.807, 2.05) is 30.9 Å². The summed E-state index contributed by atoms with van der Waals surface area (Å²) in [5.41, 5.74) is 6.59. The van der Waals surface area contributed by atoms with Gasteiger partial charge in [-0.15, -0.1) is 5.10 Å². The van der Waals surface area contributed by atoms with Gasteiger partial charge >= 0.3 is 0 Å². The monoisotopic (exact) mass is 411 g/mol. The number of amides is 1. The van der Waals surface area contributed by atoms with Gasteiger partial charge in [0.05, 0.1) is 6.04 Å². The van der Waals surface area contributed by atoms with E-state index in [1.165, 1.54) is 16.7 Å². The SMILES string of the molecule is Cc1ccc(CN(C(=O)c2nc3nc(C)cc(C)n3n2)C2CCc3ccccc32)cc1. The number of hydrogen-bond acceptors (Lipinski definition) is 4. The first-order valence-corrected chi connectivity index (χ1v) is 10.6. The lowest BCUT2D eigenvalue weighted by molar-refractivity contribution is 0.0646. The van der Waals surface area contributed by atoms with Crippen LogP contribution in [-0.4, -0.2) is 30.4 Å². The highest BCUT2D eigenvalue weighted by Crippen LogP contribution is 2.37. The maximum absolute atomic E-state index is 13.7. The summed E-state index contributed by atoms with van der Waals surface area (Å²) in [7, 11) is 0. The molecular weight excluding hydrogens is 386 g/mol. The van der Waals surface area contributed by atoms with Gasteiger partial charge in [0.2, 0.25) is 5.82 Å². The second-order valence-electron chi connectivity index (χ2n) is 8.36. The summed E-state index contributed by atoms with van der Waals surface area (Å²) in [4.78, 5) is 24.6. The first-order chi connectivity index (χ1) is 15.0. The number of nitrogens with zero attached hydrogens (tertiary/aromatic N) is 5. The van der Waals surface area contributed by atoms with Gasteiger partial charge in [-0.1, -0.05) is 54.1 Å². The van der Waals surface area contributed by atoms with E-state index in [4.69, 9.17) is 0 Å². The lowest BCUT2D eigenvalue weighted by atomic mass is 10.1. The van der Waals surface area contributed by atoms with Gasteiger partial charge in [-0.05, 0) is 56.4 Å². The van der Waals surface area contributed by atoms with Crippen molar-refractivity contribution in [3.63, 3.8) is 0 Å². The fraction of sp³-hybridized carbons (Fsp3) is 0.280. The molecule has 2 heterocycles. The van der Waals surface area contributed by atoms with Crippen LogP contribution < -0.4 is 0 Å². The summed E-state index contributed by atoms with van der Waals surface area (Å²) in [6.45, 7) is 6.45. The van der Waals surface area contributed by atoms with Gasteiger partial charge < -0.3 is 4.90 Å². The van der Waals surface area contributed by atoms with Gasteiger partial charge in [-0.2, -0.15) is 4.98 Å². The Balaban J connectivity index is 1.56. The first kappa shape index (κ1) is 19.4. The van der Waals surface area contributed by atoms with Crippen molar-refractivity contribution in [2.45, 2.75) is 46.2 Å². The molecular formula is C25H25N5O. The fourth-order valence-corrected chi connectivity index (χ4v) is 4.46. The Morgan fingerprint density at radius 1 is 1.06 bits per heavy atom. The summed E-state index contributed by atoms with van der Waals surface area (Å²) in [5.74, 6) is 0.491. The van der Waals surface area contributed by atoms with Gasteiger partial charge in [-0.25, -0.2) is 9.50 Å². The van der Waals surface area contributed by atoms with Crippen LogP contribution in [0.1, 0.15) is 56.7 Å². The van der Waals surface area contributed by atoms with Gasteiger partial charge in [0.15, 0.2) is 0 Å². The number of hydrogen-bond donors (Lipinski definition) is 0. The molecule has 0 saturated carbocycles. The second-order valence-corrected chi connectivity index (χ2v) is 8.36. The number of carbonyl (C=O) groups excluding carboxylic acids is 1. The number of rotatable bonds is 4. The van der Waals surface area contributed by atoms with Crippen LogP contribution in [0.5, 0.6) is 0 Å². The minimum atomic E-state index is -0.162. The van der Waals surface area contributed by atoms with E-state index in [-0.39, 0.29) is 17.8 Å². The van der Waals surface area contributed by atoms with Crippen molar-refractivity contribution in [1.82, 2.24) is 24.5 Å². The molecule has 5 rings (SSSR count). The third-order valence-electron chi connectivity index (χ3n) is 6.02. The highest BCUT2D eigenvalue weighted by Gasteiger charge is 2.33. The molecule has 0 N–H and O–H groups in total. The van der Waals surface area contributed by atoms with Crippen molar-refractivity contribution < 1.29 is 4.79 Å². The van der Waals surface area contributed by atoms with Crippen LogP contribution in [0.3, 0.4) is 0 Å². The normalized spacial score (nSPS) is 15.3. The van der Waals surface area contributed by atoms with Crippen LogP contribution in [0, 0.1) is 20.8 Å². The van der Waals surface area contributed by atoms with Crippen molar-refractivity contribution in [2.24, 2.45) is 0 Å². The minimum absolute atomic E-state index is 0.00686. The van der Waals surface area contributed by atoms with E-state index in [9.17, 15) is 4.79 Å². The predicted octanol–water partition coefficient (Wildman–Crippen LogP) is 4.38. The highest BCUT2D eigenvalue weighted by atomic mass is 16.2. The van der Waals surface area contributed by atoms with E-state index >= 15 is 0 Å².